The molecule has 2 aromatic heterocycles. The minimum absolute atomic E-state index is 0.529. The van der Waals surface area contributed by atoms with Gasteiger partial charge in [0.05, 0.1) is 13.2 Å². The first-order valence-electron chi connectivity index (χ1n) is 7.13. The highest BCUT2D eigenvalue weighted by atomic mass is 16.5. The summed E-state index contributed by atoms with van der Waals surface area (Å²) in [4.78, 5) is 8.57. The summed E-state index contributed by atoms with van der Waals surface area (Å²) in [6.07, 6.45) is 3.31. The Kier molecular flexibility index (Phi) is 5.82. The van der Waals surface area contributed by atoms with Crippen molar-refractivity contribution >= 4 is 0 Å². The number of aromatic nitrogens is 6. The smallest absolute Gasteiger partial charge is 0.164 e. The van der Waals surface area contributed by atoms with Gasteiger partial charge in [-0.05, 0) is 5.92 Å². The fourth-order valence-electron chi connectivity index (χ4n) is 1.92. The van der Waals surface area contributed by atoms with Gasteiger partial charge in [0.25, 0.3) is 0 Å². The molecule has 0 aromatic carbocycles. The van der Waals surface area contributed by atoms with Gasteiger partial charge in [-0.15, -0.1) is 0 Å². The van der Waals surface area contributed by atoms with Crippen LogP contribution in [0.15, 0.2) is 12.7 Å². The first kappa shape index (κ1) is 15.6. The summed E-state index contributed by atoms with van der Waals surface area (Å²) in [5, 5.41) is 11.9. The lowest BCUT2D eigenvalue weighted by molar-refractivity contribution is 0.199. The summed E-state index contributed by atoms with van der Waals surface area (Å²) in [7, 11) is 1.68. The molecule has 0 radical (unpaired) electrons. The summed E-state index contributed by atoms with van der Waals surface area (Å²) < 4.78 is 8.68. The van der Waals surface area contributed by atoms with Crippen LogP contribution in [-0.4, -0.2) is 49.8 Å². The highest BCUT2D eigenvalue weighted by Gasteiger charge is 2.08. The third-order valence-corrected chi connectivity index (χ3v) is 2.89. The number of methoxy groups -OCH3 is 1. The Morgan fingerprint density at radius 3 is 2.95 bits per heavy atom. The van der Waals surface area contributed by atoms with E-state index in [4.69, 9.17) is 4.74 Å². The highest BCUT2D eigenvalue weighted by Crippen LogP contribution is 2.03. The van der Waals surface area contributed by atoms with Crippen molar-refractivity contribution in [2.24, 2.45) is 5.92 Å². The fraction of sp³-hybridized carbons (Fsp3) is 0.692. The van der Waals surface area contributed by atoms with E-state index >= 15 is 0 Å². The van der Waals surface area contributed by atoms with Gasteiger partial charge in [0.1, 0.15) is 25.0 Å². The quantitative estimate of drug-likeness (QED) is 0.670. The van der Waals surface area contributed by atoms with Crippen LogP contribution in [0.1, 0.15) is 25.5 Å². The Hall–Kier alpha value is -1.80. The van der Waals surface area contributed by atoms with Crippen LogP contribution in [-0.2, 0) is 24.4 Å². The largest absolute Gasteiger partial charge is 0.383 e. The zero-order valence-corrected chi connectivity index (χ0v) is 12.9. The van der Waals surface area contributed by atoms with Crippen molar-refractivity contribution in [3.63, 3.8) is 0 Å². The predicted molar refractivity (Wildman–Crippen MR) is 77.6 cm³/mol. The van der Waals surface area contributed by atoms with E-state index in [-0.39, 0.29) is 0 Å². The first-order chi connectivity index (χ1) is 10.2. The van der Waals surface area contributed by atoms with Gasteiger partial charge in [0.15, 0.2) is 5.82 Å². The van der Waals surface area contributed by atoms with Gasteiger partial charge in [-0.1, -0.05) is 13.8 Å². The monoisotopic (exact) mass is 293 g/mol. The lowest BCUT2D eigenvalue weighted by Gasteiger charge is -2.08. The maximum absolute atomic E-state index is 4.97. The maximum Gasteiger partial charge on any atom is 0.164 e. The number of nitrogens with one attached hydrogen (secondary N) is 1. The normalized spacial score (nSPS) is 11.4. The SMILES string of the molecule is COCCNCc1ncn(Cc2ncnn2CC(C)C)n1. The second-order valence-corrected chi connectivity index (χ2v) is 5.28. The number of rotatable bonds is 9. The average molecular weight is 293 g/mol. The van der Waals surface area contributed by atoms with Crippen molar-refractivity contribution in [1.29, 1.82) is 0 Å². The van der Waals surface area contributed by atoms with E-state index < -0.39 is 0 Å². The Bertz CT molecular complexity index is 534. The molecule has 0 aliphatic carbocycles. The van der Waals surface area contributed by atoms with E-state index in [1.165, 1.54) is 0 Å². The second-order valence-electron chi connectivity index (χ2n) is 5.28. The van der Waals surface area contributed by atoms with E-state index in [1.807, 2.05) is 4.68 Å². The lowest BCUT2D eigenvalue weighted by Crippen LogP contribution is -2.19. The molecule has 2 heterocycles. The summed E-state index contributed by atoms with van der Waals surface area (Å²) >= 11 is 0. The molecule has 0 bridgehead atoms. The predicted octanol–water partition coefficient (Wildman–Crippen LogP) is 0.310. The highest BCUT2D eigenvalue weighted by molar-refractivity contribution is 4.88. The maximum atomic E-state index is 4.97. The number of hydrogen-bond donors (Lipinski definition) is 1. The Morgan fingerprint density at radius 1 is 1.33 bits per heavy atom. The number of nitrogens with zero attached hydrogens (tertiary/aromatic N) is 6. The van der Waals surface area contributed by atoms with Crippen LogP contribution in [0.25, 0.3) is 0 Å². The van der Waals surface area contributed by atoms with Gasteiger partial charge >= 0.3 is 0 Å². The second kappa shape index (κ2) is 7.84. The molecule has 8 heteroatoms. The summed E-state index contributed by atoms with van der Waals surface area (Å²) in [6.45, 7) is 7.85. The van der Waals surface area contributed by atoms with E-state index in [2.05, 4.69) is 39.3 Å². The van der Waals surface area contributed by atoms with Gasteiger partial charge in [-0.3, -0.25) is 0 Å². The molecule has 21 heavy (non-hydrogen) atoms. The molecule has 0 spiro atoms. The number of ether oxygens (including phenoxy) is 1. The van der Waals surface area contributed by atoms with Crippen molar-refractivity contribution in [3.8, 4) is 0 Å². The Labute approximate surface area is 124 Å². The van der Waals surface area contributed by atoms with Gasteiger partial charge in [0.2, 0.25) is 0 Å². The molecule has 0 saturated heterocycles. The summed E-state index contributed by atoms with van der Waals surface area (Å²) in [6, 6.07) is 0. The van der Waals surface area contributed by atoms with Crippen LogP contribution in [0.4, 0.5) is 0 Å². The molecule has 0 fully saturated rings. The average Bonchev–Trinajstić information content (AvgIpc) is 3.05. The van der Waals surface area contributed by atoms with Crippen molar-refractivity contribution in [2.75, 3.05) is 20.3 Å². The van der Waals surface area contributed by atoms with Crippen LogP contribution in [0.3, 0.4) is 0 Å². The van der Waals surface area contributed by atoms with Crippen LogP contribution in [0, 0.1) is 5.92 Å². The number of hydrogen-bond acceptors (Lipinski definition) is 6. The molecular formula is C13H23N7O. The fourth-order valence-corrected chi connectivity index (χ4v) is 1.92. The summed E-state index contributed by atoms with van der Waals surface area (Å²) in [5.74, 6) is 2.19. The third-order valence-electron chi connectivity index (χ3n) is 2.89. The Balaban J connectivity index is 1.89. The minimum Gasteiger partial charge on any atom is -0.383 e. The molecular weight excluding hydrogens is 270 g/mol. The van der Waals surface area contributed by atoms with E-state index in [0.29, 0.717) is 25.6 Å². The molecule has 0 amide bonds. The molecule has 2 aromatic rings. The van der Waals surface area contributed by atoms with Crippen LogP contribution < -0.4 is 5.32 Å². The zero-order valence-electron chi connectivity index (χ0n) is 12.9. The molecule has 0 aliphatic heterocycles. The third kappa shape index (κ3) is 4.91. The molecule has 2 rings (SSSR count). The van der Waals surface area contributed by atoms with Gasteiger partial charge in [-0.25, -0.2) is 19.3 Å². The van der Waals surface area contributed by atoms with Crippen LogP contribution >= 0.6 is 0 Å². The van der Waals surface area contributed by atoms with Crippen molar-refractivity contribution in [3.05, 3.63) is 24.3 Å². The molecule has 1 N–H and O–H groups in total. The van der Waals surface area contributed by atoms with Crippen molar-refractivity contribution in [1.82, 2.24) is 34.8 Å². The van der Waals surface area contributed by atoms with E-state index in [9.17, 15) is 0 Å². The van der Waals surface area contributed by atoms with E-state index in [0.717, 1.165) is 24.7 Å². The molecule has 8 nitrogen and oxygen atoms in total. The van der Waals surface area contributed by atoms with Gasteiger partial charge < -0.3 is 10.1 Å². The van der Waals surface area contributed by atoms with E-state index in [1.54, 1.807) is 24.4 Å². The van der Waals surface area contributed by atoms with Crippen LogP contribution in [0.5, 0.6) is 0 Å². The lowest BCUT2D eigenvalue weighted by atomic mass is 10.2. The molecule has 0 aliphatic rings. The minimum atomic E-state index is 0.529. The zero-order chi connectivity index (χ0) is 15.1. The molecule has 116 valence electrons. The standard InChI is InChI=1S/C13H23N7O/c1-11(2)7-20-13(15-9-17-20)8-19-10-16-12(18-19)6-14-4-5-21-3/h9-11,14H,4-8H2,1-3H3. The van der Waals surface area contributed by atoms with Crippen molar-refractivity contribution < 1.29 is 4.74 Å². The molecule has 0 saturated carbocycles. The topological polar surface area (TPSA) is 82.7 Å². The Morgan fingerprint density at radius 2 is 2.19 bits per heavy atom. The summed E-state index contributed by atoms with van der Waals surface area (Å²) in [5.41, 5.74) is 0. The van der Waals surface area contributed by atoms with Gasteiger partial charge in [0, 0.05) is 20.2 Å². The van der Waals surface area contributed by atoms with Gasteiger partial charge in [-0.2, -0.15) is 10.2 Å². The molecule has 0 atom stereocenters. The first-order valence-corrected chi connectivity index (χ1v) is 7.13. The van der Waals surface area contributed by atoms with Crippen LogP contribution in [0.2, 0.25) is 0 Å². The molecule has 0 unspecified atom stereocenters. The van der Waals surface area contributed by atoms with Crippen molar-refractivity contribution in [2.45, 2.75) is 33.5 Å².